The molecule has 52 valence electrons. The Morgan fingerprint density at radius 2 is 2.56 bits per heavy atom. The largest absolute Gasteiger partial charge is 0.374 e. The van der Waals surface area contributed by atoms with Gasteiger partial charge in [0, 0.05) is 19.1 Å². The van der Waals surface area contributed by atoms with Gasteiger partial charge < -0.3 is 10.6 Å². The average molecular weight is 126 g/mol. The summed E-state index contributed by atoms with van der Waals surface area (Å²) >= 11 is 0. The highest BCUT2D eigenvalue weighted by Gasteiger charge is 2.18. The van der Waals surface area contributed by atoms with Crippen molar-refractivity contribution in [2.75, 3.05) is 13.1 Å². The first-order valence-corrected chi connectivity index (χ1v) is 3.47. The van der Waals surface area contributed by atoms with Gasteiger partial charge in [-0.1, -0.05) is 6.58 Å². The molecule has 1 saturated heterocycles. The van der Waals surface area contributed by atoms with Crippen LogP contribution in [0.3, 0.4) is 0 Å². The Morgan fingerprint density at radius 1 is 1.78 bits per heavy atom. The van der Waals surface area contributed by atoms with Crippen LogP contribution < -0.4 is 5.73 Å². The Morgan fingerprint density at radius 3 is 3.00 bits per heavy atom. The molecule has 0 aromatic carbocycles. The van der Waals surface area contributed by atoms with Crippen molar-refractivity contribution in [1.82, 2.24) is 4.90 Å². The molecular weight excluding hydrogens is 112 g/mol. The van der Waals surface area contributed by atoms with Gasteiger partial charge in [0.15, 0.2) is 0 Å². The van der Waals surface area contributed by atoms with Gasteiger partial charge in [-0.05, 0) is 19.0 Å². The quantitative estimate of drug-likeness (QED) is 0.585. The predicted molar refractivity (Wildman–Crippen MR) is 39.0 cm³/mol. The summed E-state index contributed by atoms with van der Waals surface area (Å²) in [6, 6.07) is 0.572. The molecule has 1 heterocycles. The summed E-state index contributed by atoms with van der Waals surface area (Å²) in [5.74, 6) is 0. The minimum atomic E-state index is 0.572. The summed E-state index contributed by atoms with van der Waals surface area (Å²) in [4.78, 5) is 2.22. The fraction of sp³-hybridized carbons (Fsp3) is 0.714. The van der Waals surface area contributed by atoms with Crippen LogP contribution in [0, 0.1) is 0 Å². The van der Waals surface area contributed by atoms with Gasteiger partial charge in [0.2, 0.25) is 0 Å². The fourth-order valence-corrected chi connectivity index (χ4v) is 1.35. The first kappa shape index (κ1) is 6.62. The topological polar surface area (TPSA) is 29.3 Å². The molecule has 1 unspecified atom stereocenters. The zero-order chi connectivity index (χ0) is 6.69. The maximum absolute atomic E-state index is 5.51. The summed E-state index contributed by atoms with van der Waals surface area (Å²) in [7, 11) is 0. The molecule has 0 radical (unpaired) electrons. The van der Waals surface area contributed by atoms with Gasteiger partial charge in [0.1, 0.15) is 0 Å². The van der Waals surface area contributed by atoms with Crippen molar-refractivity contribution in [3.8, 4) is 0 Å². The van der Waals surface area contributed by atoms with Crippen LogP contribution in [0.2, 0.25) is 0 Å². The van der Waals surface area contributed by atoms with Crippen molar-refractivity contribution < 1.29 is 0 Å². The lowest BCUT2D eigenvalue weighted by Gasteiger charge is -2.19. The van der Waals surface area contributed by atoms with Gasteiger partial charge in [-0.15, -0.1) is 0 Å². The minimum Gasteiger partial charge on any atom is -0.374 e. The lowest BCUT2D eigenvalue weighted by Crippen LogP contribution is -2.30. The zero-order valence-electron chi connectivity index (χ0n) is 5.71. The number of hydrogen-bond donors (Lipinski definition) is 1. The normalized spacial score (nSPS) is 26.8. The van der Waals surface area contributed by atoms with Gasteiger partial charge in [-0.3, -0.25) is 0 Å². The number of nitrogens with two attached hydrogens (primary N) is 1. The number of likely N-dealkylation sites (tertiary alicyclic amines) is 1. The third-order valence-electron chi connectivity index (χ3n) is 1.93. The molecule has 0 amide bonds. The number of nitrogens with zero attached hydrogens (tertiary/aromatic N) is 1. The van der Waals surface area contributed by atoms with Crippen molar-refractivity contribution in [3.63, 3.8) is 0 Å². The number of rotatable bonds is 2. The van der Waals surface area contributed by atoms with E-state index in [1.54, 1.807) is 0 Å². The van der Waals surface area contributed by atoms with Gasteiger partial charge in [0.05, 0.1) is 0 Å². The van der Waals surface area contributed by atoms with E-state index in [2.05, 4.69) is 11.5 Å². The van der Waals surface area contributed by atoms with Gasteiger partial charge in [-0.2, -0.15) is 0 Å². The molecule has 1 aliphatic rings. The van der Waals surface area contributed by atoms with Gasteiger partial charge >= 0.3 is 0 Å². The third-order valence-corrected chi connectivity index (χ3v) is 1.93. The van der Waals surface area contributed by atoms with Crippen LogP contribution in [0.15, 0.2) is 12.8 Å². The maximum Gasteiger partial charge on any atom is 0.0407 e. The Hall–Kier alpha value is -0.500. The molecule has 1 fully saturated rings. The monoisotopic (exact) mass is 126 g/mol. The van der Waals surface area contributed by atoms with Gasteiger partial charge in [-0.25, -0.2) is 0 Å². The molecule has 0 spiro atoms. The number of hydrogen-bond acceptors (Lipinski definition) is 2. The van der Waals surface area contributed by atoms with E-state index in [0.717, 1.165) is 13.1 Å². The molecule has 2 heteroatoms. The van der Waals surface area contributed by atoms with E-state index in [4.69, 9.17) is 5.73 Å². The van der Waals surface area contributed by atoms with Crippen LogP contribution in [-0.4, -0.2) is 24.0 Å². The fourth-order valence-electron chi connectivity index (χ4n) is 1.35. The summed E-state index contributed by atoms with van der Waals surface area (Å²) in [6.07, 6.45) is 4.40. The predicted octanol–water partition coefficient (Wildman–Crippen LogP) is 0.553. The SMILES string of the molecule is C=CN1CCCC1CN. The second kappa shape index (κ2) is 2.87. The molecule has 0 aliphatic carbocycles. The third kappa shape index (κ3) is 1.24. The van der Waals surface area contributed by atoms with Gasteiger partial charge in [0.25, 0.3) is 0 Å². The van der Waals surface area contributed by atoms with Crippen LogP contribution in [-0.2, 0) is 0 Å². The van der Waals surface area contributed by atoms with Crippen molar-refractivity contribution in [2.45, 2.75) is 18.9 Å². The smallest absolute Gasteiger partial charge is 0.0407 e. The molecule has 2 N–H and O–H groups in total. The highest BCUT2D eigenvalue weighted by atomic mass is 15.2. The first-order valence-electron chi connectivity index (χ1n) is 3.47. The molecule has 0 aromatic rings. The summed E-state index contributed by atoms with van der Waals surface area (Å²) in [6.45, 7) is 5.63. The van der Waals surface area contributed by atoms with E-state index >= 15 is 0 Å². The second-order valence-corrected chi connectivity index (χ2v) is 2.45. The lowest BCUT2D eigenvalue weighted by atomic mass is 10.2. The molecule has 0 bridgehead atoms. The van der Waals surface area contributed by atoms with Crippen molar-refractivity contribution in [2.24, 2.45) is 5.73 Å². The highest BCUT2D eigenvalue weighted by molar-refractivity contribution is 4.85. The first-order chi connectivity index (χ1) is 4.38. The Kier molecular flexibility index (Phi) is 2.11. The maximum atomic E-state index is 5.51. The van der Waals surface area contributed by atoms with Crippen molar-refractivity contribution >= 4 is 0 Å². The van der Waals surface area contributed by atoms with E-state index in [-0.39, 0.29) is 0 Å². The Balaban J connectivity index is 2.41. The zero-order valence-corrected chi connectivity index (χ0v) is 5.71. The second-order valence-electron chi connectivity index (χ2n) is 2.45. The van der Waals surface area contributed by atoms with Crippen LogP contribution in [0.1, 0.15) is 12.8 Å². The van der Waals surface area contributed by atoms with E-state index in [0.29, 0.717) is 6.04 Å². The Bertz CT molecular complexity index is 101. The molecule has 0 saturated carbocycles. The molecule has 9 heavy (non-hydrogen) atoms. The van der Waals surface area contributed by atoms with E-state index in [1.165, 1.54) is 12.8 Å². The average Bonchev–Trinajstić information content (AvgIpc) is 2.33. The van der Waals surface area contributed by atoms with E-state index < -0.39 is 0 Å². The summed E-state index contributed by atoms with van der Waals surface area (Å²) in [5.41, 5.74) is 5.51. The van der Waals surface area contributed by atoms with E-state index in [9.17, 15) is 0 Å². The summed E-state index contributed by atoms with van der Waals surface area (Å²) in [5, 5.41) is 0. The molecule has 1 aliphatic heterocycles. The minimum absolute atomic E-state index is 0.572. The molecule has 2 nitrogen and oxygen atoms in total. The molecule has 1 atom stereocenters. The standard InChI is InChI=1S/C7H14N2/c1-2-9-5-3-4-7(9)6-8/h2,7H,1,3-6,8H2. The highest BCUT2D eigenvalue weighted by Crippen LogP contribution is 2.15. The summed E-state index contributed by atoms with van der Waals surface area (Å²) < 4.78 is 0. The van der Waals surface area contributed by atoms with Crippen LogP contribution in [0.4, 0.5) is 0 Å². The Labute approximate surface area is 56.3 Å². The van der Waals surface area contributed by atoms with Crippen molar-refractivity contribution in [1.29, 1.82) is 0 Å². The van der Waals surface area contributed by atoms with Crippen LogP contribution >= 0.6 is 0 Å². The molecular formula is C7H14N2. The van der Waals surface area contributed by atoms with Crippen molar-refractivity contribution in [3.05, 3.63) is 12.8 Å². The lowest BCUT2D eigenvalue weighted by molar-refractivity contribution is 0.357. The molecule has 1 rings (SSSR count). The van der Waals surface area contributed by atoms with E-state index in [1.807, 2.05) is 6.20 Å². The molecule has 0 aromatic heterocycles. The van der Waals surface area contributed by atoms with Crippen LogP contribution in [0.5, 0.6) is 0 Å². The van der Waals surface area contributed by atoms with Crippen LogP contribution in [0.25, 0.3) is 0 Å².